The first kappa shape index (κ1) is 22.6. The molecule has 0 spiro atoms. The van der Waals surface area contributed by atoms with Crippen LogP contribution in [-0.4, -0.2) is 38.7 Å². The summed E-state index contributed by atoms with van der Waals surface area (Å²) >= 11 is 1.22. The van der Waals surface area contributed by atoms with Gasteiger partial charge >= 0.3 is 5.30 Å². The molecule has 0 atom stereocenters. The summed E-state index contributed by atoms with van der Waals surface area (Å²) in [4.78, 5) is 27.9. The molecule has 162 valence electrons. The van der Waals surface area contributed by atoms with Crippen LogP contribution in [0.15, 0.2) is 60.9 Å². The summed E-state index contributed by atoms with van der Waals surface area (Å²) in [6.07, 6.45) is 7.21. The normalized spacial score (nSPS) is 10.6. The molecule has 31 heavy (non-hydrogen) atoms. The summed E-state index contributed by atoms with van der Waals surface area (Å²) < 4.78 is 5.24. The number of aromatic nitrogens is 3. The van der Waals surface area contributed by atoms with Crippen molar-refractivity contribution in [2.45, 2.75) is 32.3 Å². The number of amides is 1. The van der Waals surface area contributed by atoms with Gasteiger partial charge < -0.3 is 10.1 Å². The van der Waals surface area contributed by atoms with Crippen molar-refractivity contribution in [1.82, 2.24) is 20.5 Å². The molecule has 1 aromatic carbocycles. The Balaban J connectivity index is 1.21. The molecule has 2 aromatic heterocycles. The smallest absolute Gasteiger partial charge is 0.367 e. The molecule has 0 saturated carbocycles. The zero-order valence-corrected chi connectivity index (χ0v) is 18.1. The lowest BCUT2D eigenvalue weighted by Gasteiger charge is -2.05. The van der Waals surface area contributed by atoms with Crippen LogP contribution in [0.1, 0.15) is 41.7 Å². The van der Waals surface area contributed by atoms with Gasteiger partial charge in [-0.05, 0) is 48.4 Å². The highest BCUT2D eigenvalue weighted by atomic mass is 32.2. The lowest BCUT2D eigenvalue weighted by molar-refractivity contribution is 0.0948. The van der Waals surface area contributed by atoms with E-state index in [4.69, 9.17) is 4.74 Å². The first-order chi connectivity index (χ1) is 15.2. The minimum Gasteiger partial charge on any atom is -0.453 e. The monoisotopic (exact) mass is 438 g/mol. The summed E-state index contributed by atoms with van der Waals surface area (Å²) in [5.41, 5.74) is 3.05. The molecule has 0 bridgehead atoms. The van der Waals surface area contributed by atoms with Gasteiger partial charge in [0.15, 0.2) is 0 Å². The van der Waals surface area contributed by atoms with Crippen LogP contribution in [0, 0.1) is 0 Å². The molecule has 0 fully saturated rings. The maximum Gasteiger partial charge on any atom is 0.367 e. The Morgan fingerprint density at radius 3 is 2.58 bits per heavy atom. The van der Waals surface area contributed by atoms with E-state index in [-0.39, 0.29) is 11.2 Å². The Kier molecular flexibility index (Phi) is 9.12. The average molecular weight is 439 g/mol. The third-order valence-electron chi connectivity index (χ3n) is 4.57. The van der Waals surface area contributed by atoms with E-state index in [9.17, 15) is 9.59 Å². The molecule has 7 nitrogen and oxygen atoms in total. The third-order valence-corrected chi connectivity index (χ3v) is 5.42. The highest BCUT2D eigenvalue weighted by Crippen LogP contribution is 2.16. The van der Waals surface area contributed by atoms with Crippen LogP contribution in [-0.2, 0) is 11.3 Å². The summed E-state index contributed by atoms with van der Waals surface area (Å²) in [5, 5.41) is 9.62. The molecule has 0 aliphatic heterocycles. The quantitative estimate of drug-likeness (QED) is 0.329. The van der Waals surface area contributed by atoms with Gasteiger partial charge in [0.1, 0.15) is 12.3 Å². The number of hydrogen-bond acceptors (Lipinski definition) is 6. The van der Waals surface area contributed by atoms with Gasteiger partial charge in [-0.1, -0.05) is 43.2 Å². The van der Waals surface area contributed by atoms with Gasteiger partial charge in [-0.25, -0.2) is 4.79 Å². The molecular formula is C23H26N4O3S. The molecule has 2 N–H and O–H groups in total. The van der Waals surface area contributed by atoms with Crippen molar-refractivity contribution in [1.29, 1.82) is 0 Å². The molecule has 0 aliphatic rings. The number of pyridine rings is 1. The summed E-state index contributed by atoms with van der Waals surface area (Å²) in [7, 11) is 0. The molecule has 0 aliphatic carbocycles. The van der Waals surface area contributed by atoms with E-state index in [0.29, 0.717) is 24.5 Å². The van der Waals surface area contributed by atoms with Crippen molar-refractivity contribution >= 4 is 23.0 Å². The molecule has 1 amide bonds. The lowest BCUT2D eigenvalue weighted by Crippen LogP contribution is -2.24. The standard InChI is InChI=1S/C23H26N4O3S/c28-22(21-16-20(26-27-21)19-10-13-24-14-11-19)25-12-6-1-2-7-15-31-23(29)30-17-18-8-4-3-5-9-18/h3-5,8-11,13-14,16H,1-2,6-7,12,15,17H2,(H,25,28)(H,26,27). The van der Waals surface area contributed by atoms with Crippen molar-refractivity contribution in [3.8, 4) is 11.3 Å². The van der Waals surface area contributed by atoms with Gasteiger partial charge in [0.25, 0.3) is 5.91 Å². The van der Waals surface area contributed by atoms with E-state index >= 15 is 0 Å². The second-order valence-electron chi connectivity index (χ2n) is 6.95. The number of hydrogen-bond donors (Lipinski definition) is 2. The fraction of sp³-hybridized carbons (Fsp3) is 0.304. The van der Waals surface area contributed by atoms with Crippen molar-refractivity contribution in [2.75, 3.05) is 12.3 Å². The molecule has 3 rings (SSSR count). The summed E-state index contributed by atoms with van der Waals surface area (Å²) in [6.45, 7) is 0.918. The van der Waals surface area contributed by atoms with E-state index in [1.807, 2.05) is 42.5 Å². The van der Waals surface area contributed by atoms with Crippen LogP contribution in [0.4, 0.5) is 4.79 Å². The Hall–Kier alpha value is -3.13. The molecule has 8 heteroatoms. The zero-order valence-electron chi connectivity index (χ0n) is 17.3. The van der Waals surface area contributed by atoms with Crippen LogP contribution in [0.2, 0.25) is 0 Å². The molecule has 0 saturated heterocycles. The summed E-state index contributed by atoms with van der Waals surface area (Å²) in [5.74, 6) is 0.579. The van der Waals surface area contributed by atoms with Gasteiger partial charge in [-0.15, -0.1) is 0 Å². The number of H-pyrrole nitrogens is 1. The Morgan fingerprint density at radius 2 is 1.77 bits per heavy atom. The molecule has 0 radical (unpaired) electrons. The van der Waals surface area contributed by atoms with E-state index in [2.05, 4.69) is 20.5 Å². The van der Waals surface area contributed by atoms with Crippen molar-refractivity contribution in [2.24, 2.45) is 0 Å². The van der Waals surface area contributed by atoms with Gasteiger partial charge in [0, 0.05) is 30.3 Å². The van der Waals surface area contributed by atoms with E-state index in [1.54, 1.807) is 18.5 Å². The maximum absolute atomic E-state index is 12.2. The maximum atomic E-state index is 12.2. The van der Waals surface area contributed by atoms with Gasteiger partial charge in [0.2, 0.25) is 0 Å². The van der Waals surface area contributed by atoms with Gasteiger partial charge in [0.05, 0.1) is 5.69 Å². The van der Waals surface area contributed by atoms with Crippen LogP contribution in [0.3, 0.4) is 0 Å². The number of benzene rings is 1. The van der Waals surface area contributed by atoms with Crippen molar-refractivity contribution in [3.63, 3.8) is 0 Å². The lowest BCUT2D eigenvalue weighted by atomic mass is 10.2. The van der Waals surface area contributed by atoms with Crippen molar-refractivity contribution < 1.29 is 14.3 Å². The third kappa shape index (κ3) is 7.90. The average Bonchev–Trinajstić information content (AvgIpc) is 3.31. The predicted molar refractivity (Wildman–Crippen MR) is 122 cm³/mol. The Morgan fingerprint density at radius 1 is 1.00 bits per heavy atom. The largest absolute Gasteiger partial charge is 0.453 e. The van der Waals surface area contributed by atoms with E-state index in [1.165, 1.54) is 11.8 Å². The molecule has 3 aromatic rings. The fourth-order valence-electron chi connectivity index (χ4n) is 2.90. The number of carbonyl (C=O) groups is 2. The van der Waals surface area contributed by atoms with Gasteiger partial charge in [-0.2, -0.15) is 5.10 Å². The van der Waals surface area contributed by atoms with Crippen molar-refractivity contribution in [3.05, 3.63) is 72.2 Å². The highest BCUT2D eigenvalue weighted by Gasteiger charge is 2.10. The second-order valence-corrected chi connectivity index (χ2v) is 7.98. The first-order valence-electron chi connectivity index (χ1n) is 10.3. The number of nitrogens with one attached hydrogen (secondary N) is 2. The first-order valence-corrected chi connectivity index (χ1v) is 11.3. The number of aromatic amines is 1. The SMILES string of the molecule is O=C(OCc1ccccc1)SCCCCCCNC(=O)c1cc(-c2ccncc2)n[nH]1. The van der Waals surface area contributed by atoms with Crippen LogP contribution in [0.5, 0.6) is 0 Å². The second kappa shape index (κ2) is 12.5. The fourth-order valence-corrected chi connectivity index (χ4v) is 3.56. The minimum absolute atomic E-state index is 0.162. The number of rotatable bonds is 11. The van der Waals surface area contributed by atoms with Crippen LogP contribution >= 0.6 is 11.8 Å². The number of nitrogens with zero attached hydrogens (tertiary/aromatic N) is 2. The molecular weight excluding hydrogens is 412 g/mol. The number of unbranched alkanes of at least 4 members (excludes halogenated alkanes) is 3. The van der Waals surface area contributed by atoms with E-state index in [0.717, 1.165) is 42.6 Å². The van der Waals surface area contributed by atoms with Crippen LogP contribution in [0.25, 0.3) is 11.3 Å². The van der Waals surface area contributed by atoms with E-state index < -0.39 is 0 Å². The topological polar surface area (TPSA) is 97.0 Å². The predicted octanol–water partition coefficient (Wildman–Crippen LogP) is 4.83. The van der Waals surface area contributed by atoms with Crippen LogP contribution < -0.4 is 5.32 Å². The minimum atomic E-state index is -0.234. The number of ether oxygens (including phenoxy) is 1. The zero-order chi connectivity index (χ0) is 21.7. The molecule has 0 unspecified atom stereocenters. The van der Waals surface area contributed by atoms with Gasteiger partial charge in [-0.3, -0.25) is 14.9 Å². The number of thioether (sulfide) groups is 1. The summed E-state index contributed by atoms with van der Waals surface area (Å²) in [6, 6.07) is 15.1. The number of carbonyl (C=O) groups excluding carboxylic acids is 2. The highest BCUT2D eigenvalue weighted by molar-refractivity contribution is 8.13. The Labute approximate surface area is 186 Å². The Bertz CT molecular complexity index is 948. The molecule has 2 heterocycles.